The summed E-state index contributed by atoms with van der Waals surface area (Å²) in [6.07, 6.45) is 0. The first kappa shape index (κ1) is 13.2. The van der Waals surface area contributed by atoms with Gasteiger partial charge in [-0.25, -0.2) is 0 Å². The highest BCUT2D eigenvalue weighted by molar-refractivity contribution is 9.13. The number of halogens is 2. The molecule has 0 bridgehead atoms. The molecule has 0 aliphatic heterocycles. The van der Waals surface area contributed by atoms with Crippen LogP contribution in [-0.2, 0) is 0 Å². The van der Waals surface area contributed by atoms with Gasteiger partial charge in [-0.2, -0.15) is 5.26 Å². The molecular formula is C10H12Br2N2S. The van der Waals surface area contributed by atoms with E-state index < -0.39 is 0 Å². The molecule has 0 aliphatic carbocycles. The van der Waals surface area contributed by atoms with Crippen LogP contribution in [0.2, 0.25) is 0 Å². The molecule has 2 nitrogen and oxygen atoms in total. The first-order valence-corrected chi connectivity index (χ1v) is 7.02. The lowest BCUT2D eigenvalue weighted by molar-refractivity contribution is 0.528. The summed E-state index contributed by atoms with van der Waals surface area (Å²) in [5.74, 6) is 0.549. The van der Waals surface area contributed by atoms with Crippen molar-refractivity contribution in [1.82, 2.24) is 5.32 Å². The summed E-state index contributed by atoms with van der Waals surface area (Å²) in [4.78, 5) is 1.04. The minimum atomic E-state index is -0.208. The summed E-state index contributed by atoms with van der Waals surface area (Å²) in [7, 11) is 0. The quantitative estimate of drug-likeness (QED) is 0.886. The molecule has 1 heterocycles. The fraction of sp³-hybridized carbons (Fsp3) is 0.500. The van der Waals surface area contributed by atoms with E-state index in [2.05, 4.69) is 57.1 Å². The van der Waals surface area contributed by atoms with Gasteiger partial charge in [0.25, 0.3) is 0 Å². The molecule has 5 heteroatoms. The summed E-state index contributed by atoms with van der Waals surface area (Å²) < 4.78 is 2.04. The SMILES string of the molecule is CC(C)CNC(C#N)c1cc(Br)c(Br)s1. The van der Waals surface area contributed by atoms with Crippen LogP contribution in [-0.4, -0.2) is 6.54 Å². The Bertz CT molecular complexity index is 348. The minimum Gasteiger partial charge on any atom is -0.297 e. The summed E-state index contributed by atoms with van der Waals surface area (Å²) in [5.41, 5.74) is 0. The highest BCUT2D eigenvalue weighted by Crippen LogP contribution is 2.35. The molecule has 0 saturated heterocycles. The van der Waals surface area contributed by atoms with E-state index in [1.807, 2.05) is 6.07 Å². The molecule has 0 radical (unpaired) electrons. The number of thiophene rings is 1. The Morgan fingerprint density at radius 1 is 1.53 bits per heavy atom. The zero-order chi connectivity index (χ0) is 11.4. The Hall–Kier alpha value is 0.110. The second-order valence-electron chi connectivity index (χ2n) is 3.63. The molecule has 1 unspecified atom stereocenters. The Balaban J connectivity index is 2.71. The molecule has 1 aromatic rings. The van der Waals surface area contributed by atoms with E-state index in [4.69, 9.17) is 5.26 Å². The van der Waals surface area contributed by atoms with Gasteiger partial charge in [-0.15, -0.1) is 11.3 Å². The third-order valence-corrected chi connectivity index (χ3v) is 5.13. The van der Waals surface area contributed by atoms with Crippen molar-refractivity contribution in [3.8, 4) is 6.07 Å². The lowest BCUT2D eigenvalue weighted by atomic mass is 10.2. The molecule has 0 fully saturated rings. The maximum atomic E-state index is 9.06. The normalized spacial score (nSPS) is 12.8. The molecule has 0 saturated carbocycles. The van der Waals surface area contributed by atoms with Crippen LogP contribution < -0.4 is 5.32 Å². The van der Waals surface area contributed by atoms with Gasteiger partial charge < -0.3 is 0 Å². The summed E-state index contributed by atoms with van der Waals surface area (Å²) in [6.45, 7) is 5.11. The van der Waals surface area contributed by atoms with Gasteiger partial charge in [0.05, 0.1) is 9.86 Å². The maximum absolute atomic E-state index is 9.06. The predicted octanol–water partition coefficient (Wildman–Crippen LogP) is 4.08. The van der Waals surface area contributed by atoms with Crippen molar-refractivity contribution in [2.45, 2.75) is 19.9 Å². The smallest absolute Gasteiger partial charge is 0.130 e. The number of nitrogens with one attached hydrogen (secondary N) is 1. The van der Waals surface area contributed by atoms with Crippen molar-refractivity contribution >= 4 is 43.2 Å². The number of nitrogens with zero attached hydrogens (tertiary/aromatic N) is 1. The zero-order valence-electron chi connectivity index (χ0n) is 8.55. The fourth-order valence-electron chi connectivity index (χ4n) is 1.07. The van der Waals surface area contributed by atoms with Gasteiger partial charge in [0, 0.05) is 9.35 Å². The van der Waals surface area contributed by atoms with Crippen LogP contribution in [0, 0.1) is 17.2 Å². The van der Waals surface area contributed by atoms with Gasteiger partial charge in [-0.3, -0.25) is 5.32 Å². The van der Waals surface area contributed by atoms with E-state index in [9.17, 15) is 0 Å². The lowest BCUT2D eigenvalue weighted by Gasteiger charge is -2.11. The second-order valence-corrected chi connectivity index (χ2v) is 6.89. The van der Waals surface area contributed by atoms with Gasteiger partial charge >= 0.3 is 0 Å². The van der Waals surface area contributed by atoms with Crippen molar-refractivity contribution in [1.29, 1.82) is 5.26 Å². The average molecular weight is 352 g/mol. The van der Waals surface area contributed by atoms with Crippen molar-refractivity contribution in [2.75, 3.05) is 6.54 Å². The first-order valence-electron chi connectivity index (χ1n) is 4.62. The third kappa shape index (κ3) is 3.87. The fourth-order valence-corrected chi connectivity index (χ4v) is 3.18. The summed E-state index contributed by atoms with van der Waals surface area (Å²) >= 11 is 8.43. The molecule has 1 aromatic heterocycles. The van der Waals surface area contributed by atoms with E-state index in [1.54, 1.807) is 11.3 Å². The first-order chi connectivity index (χ1) is 7.04. The molecule has 0 aromatic carbocycles. The second kappa shape index (κ2) is 6.00. The molecule has 0 aliphatic rings. The largest absolute Gasteiger partial charge is 0.297 e. The molecule has 1 rings (SSSR count). The average Bonchev–Trinajstić information content (AvgIpc) is 2.47. The Morgan fingerprint density at radius 2 is 2.20 bits per heavy atom. The molecule has 1 N–H and O–H groups in total. The van der Waals surface area contributed by atoms with Crippen LogP contribution in [0.4, 0.5) is 0 Å². The Labute approximate surface area is 111 Å². The van der Waals surface area contributed by atoms with Crippen LogP contribution in [0.5, 0.6) is 0 Å². The van der Waals surface area contributed by atoms with Crippen LogP contribution >= 0.6 is 43.2 Å². The maximum Gasteiger partial charge on any atom is 0.130 e. The monoisotopic (exact) mass is 350 g/mol. The zero-order valence-corrected chi connectivity index (χ0v) is 12.5. The highest BCUT2D eigenvalue weighted by Gasteiger charge is 2.14. The van der Waals surface area contributed by atoms with Gasteiger partial charge in [-0.1, -0.05) is 13.8 Å². The van der Waals surface area contributed by atoms with E-state index in [1.165, 1.54) is 0 Å². The van der Waals surface area contributed by atoms with Crippen molar-refractivity contribution < 1.29 is 0 Å². The lowest BCUT2D eigenvalue weighted by Crippen LogP contribution is -2.23. The van der Waals surface area contributed by atoms with E-state index in [-0.39, 0.29) is 6.04 Å². The van der Waals surface area contributed by atoms with Crippen molar-refractivity contribution in [3.05, 3.63) is 19.2 Å². The molecule has 1 atom stereocenters. The third-order valence-electron chi connectivity index (χ3n) is 1.81. The van der Waals surface area contributed by atoms with Gasteiger partial charge in [-0.05, 0) is 50.4 Å². The van der Waals surface area contributed by atoms with Crippen LogP contribution in [0.15, 0.2) is 14.3 Å². The molecular weight excluding hydrogens is 340 g/mol. The Morgan fingerprint density at radius 3 is 2.60 bits per heavy atom. The summed E-state index contributed by atoms with van der Waals surface area (Å²) in [6, 6.07) is 4.05. The Kier molecular flexibility index (Phi) is 5.27. The molecule has 82 valence electrons. The van der Waals surface area contributed by atoms with Crippen molar-refractivity contribution in [2.24, 2.45) is 5.92 Å². The van der Waals surface area contributed by atoms with Crippen LogP contribution in [0.1, 0.15) is 24.8 Å². The molecule has 0 amide bonds. The van der Waals surface area contributed by atoms with Gasteiger partial charge in [0.2, 0.25) is 0 Å². The summed E-state index contributed by atoms with van der Waals surface area (Å²) in [5, 5.41) is 12.3. The topological polar surface area (TPSA) is 35.8 Å². The van der Waals surface area contributed by atoms with E-state index in [0.717, 1.165) is 19.7 Å². The minimum absolute atomic E-state index is 0.208. The van der Waals surface area contributed by atoms with Crippen molar-refractivity contribution in [3.63, 3.8) is 0 Å². The van der Waals surface area contributed by atoms with Gasteiger partial charge in [0.15, 0.2) is 0 Å². The van der Waals surface area contributed by atoms with Gasteiger partial charge in [0.1, 0.15) is 6.04 Å². The van der Waals surface area contributed by atoms with Crippen LogP contribution in [0.3, 0.4) is 0 Å². The number of hydrogen-bond donors (Lipinski definition) is 1. The predicted molar refractivity (Wildman–Crippen MR) is 70.9 cm³/mol. The highest BCUT2D eigenvalue weighted by atomic mass is 79.9. The van der Waals surface area contributed by atoms with Crippen LogP contribution in [0.25, 0.3) is 0 Å². The standard InChI is InChI=1S/C10H12Br2N2S/c1-6(2)5-14-8(4-13)9-3-7(11)10(12)15-9/h3,6,8,14H,5H2,1-2H3. The molecule has 15 heavy (non-hydrogen) atoms. The molecule has 0 spiro atoms. The number of nitriles is 1. The number of hydrogen-bond acceptors (Lipinski definition) is 3. The van der Waals surface area contributed by atoms with E-state index >= 15 is 0 Å². The van der Waals surface area contributed by atoms with E-state index in [0.29, 0.717) is 5.92 Å². The number of rotatable bonds is 4.